The fourth-order valence-corrected chi connectivity index (χ4v) is 1.60. The van der Waals surface area contributed by atoms with Gasteiger partial charge < -0.3 is 0 Å². The Morgan fingerprint density at radius 2 is 1.65 bits per heavy atom. The summed E-state index contributed by atoms with van der Waals surface area (Å²) in [6.45, 7) is 0. The summed E-state index contributed by atoms with van der Waals surface area (Å²) in [6.07, 6.45) is 3.97. The summed E-state index contributed by atoms with van der Waals surface area (Å²) in [5, 5.41) is 9.52. The van der Waals surface area contributed by atoms with Crippen LogP contribution in [0.5, 0.6) is 0 Å². The maximum absolute atomic E-state index is 8.79. The number of hydrogen-bond donors (Lipinski definition) is 0. The molecule has 0 amide bonds. The van der Waals surface area contributed by atoms with Gasteiger partial charge in [-0.3, -0.25) is 0 Å². The lowest BCUT2D eigenvalue weighted by atomic mass is 10.1. The summed E-state index contributed by atoms with van der Waals surface area (Å²) < 4.78 is 0. The highest BCUT2D eigenvalue weighted by Crippen LogP contribution is 2.13. The molecule has 0 unspecified atom stereocenters. The van der Waals surface area contributed by atoms with Crippen LogP contribution in [-0.2, 0) is 0 Å². The summed E-state index contributed by atoms with van der Waals surface area (Å²) in [4.78, 5) is 0. The molecule has 0 heterocycles. The van der Waals surface area contributed by atoms with Gasteiger partial charge in [-0.1, -0.05) is 48.0 Å². The van der Waals surface area contributed by atoms with Gasteiger partial charge >= 0.3 is 0 Å². The molecular formula is C15H10ClN. The first-order valence-corrected chi connectivity index (χ1v) is 5.59. The monoisotopic (exact) mass is 239 g/mol. The minimum Gasteiger partial charge on any atom is -0.192 e. The van der Waals surface area contributed by atoms with Gasteiger partial charge in [-0.25, -0.2) is 0 Å². The summed E-state index contributed by atoms with van der Waals surface area (Å²) >= 11 is 5.81. The number of nitrogens with zero attached hydrogens (tertiary/aromatic N) is 1. The second-order valence-electron chi connectivity index (χ2n) is 3.62. The van der Waals surface area contributed by atoms with Gasteiger partial charge in [0.15, 0.2) is 0 Å². The minimum atomic E-state index is 0.670. The lowest BCUT2D eigenvalue weighted by Gasteiger charge is -1.95. The molecule has 0 spiro atoms. The van der Waals surface area contributed by atoms with Crippen molar-refractivity contribution in [3.8, 4) is 6.07 Å². The molecule has 0 aliphatic carbocycles. The van der Waals surface area contributed by atoms with Crippen molar-refractivity contribution in [1.82, 2.24) is 0 Å². The van der Waals surface area contributed by atoms with Gasteiger partial charge in [0, 0.05) is 5.02 Å². The molecule has 0 saturated heterocycles. The zero-order chi connectivity index (χ0) is 12.1. The van der Waals surface area contributed by atoms with Crippen LogP contribution in [0.15, 0.2) is 48.5 Å². The Hall–Kier alpha value is -2.04. The molecular weight excluding hydrogens is 230 g/mol. The van der Waals surface area contributed by atoms with Gasteiger partial charge in [0.1, 0.15) is 0 Å². The lowest BCUT2D eigenvalue weighted by molar-refractivity contribution is 1.48. The summed E-state index contributed by atoms with van der Waals surface area (Å²) in [5.74, 6) is 0. The number of halogens is 1. The highest BCUT2D eigenvalue weighted by Gasteiger charge is 1.91. The first-order valence-electron chi connectivity index (χ1n) is 5.22. The van der Waals surface area contributed by atoms with Crippen molar-refractivity contribution in [2.45, 2.75) is 0 Å². The third kappa shape index (κ3) is 3.21. The molecule has 0 bridgehead atoms. The highest BCUT2D eigenvalue weighted by molar-refractivity contribution is 6.30. The van der Waals surface area contributed by atoms with Crippen molar-refractivity contribution in [2.24, 2.45) is 0 Å². The van der Waals surface area contributed by atoms with Gasteiger partial charge in [0.25, 0.3) is 0 Å². The highest BCUT2D eigenvalue weighted by atomic mass is 35.5. The van der Waals surface area contributed by atoms with Crippen LogP contribution in [0.2, 0.25) is 5.02 Å². The number of rotatable bonds is 2. The topological polar surface area (TPSA) is 23.8 Å². The number of benzene rings is 2. The zero-order valence-electron chi connectivity index (χ0n) is 9.10. The van der Waals surface area contributed by atoms with Crippen molar-refractivity contribution < 1.29 is 0 Å². The van der Waals surface area contributed by atoms with Gasteiger partial charge in [0.05, 0.1) is 11.6 Å². The van der Waals surface area contributed by atoms with Crippen molar-refractivity contribution in [1.29, 1.82) is 5.26 Å². The Labute approximate surface area is 106 Å². The van der Waals surface area contributed by atoms with E-state index in [4.69, 9.17) is 16.9 Å². The number of nitriles is 1. The van der Waals surface area contributed by atoms with E-state index in [1.807, 2.05) is 54.6 Å². The lowest BCUT2D eigenvalue weighted by Crippen LogP contribution is -1.76. The molecule has 1 nitrogen and oxygen atoms in total. The van der Waals surface area contributed by atoms with E-state index >= 15 is 0 Å². The predicted octanol–water partition coefficient (Wildman–Crippen LogP) is 4.38. The third-order valence-electron chi connectivity index (χ3n) is 2.35. The van der Waals surface area contributed by atoms with Crippen molar-refractivity contribution >= 4 is 23.8 Å². The third-order valence-corrected chi connectivity index (χ3v) is 2.61. The quantitative estimate of drug-likeness (QED) is 0.714. The normalized spacial score (nSPS) is 10.4. The smallest absolute Gasteiger partial charge is 0.0991 e. The SMILES string of the molecule is N#Cc1cccc(/C=C\c2ccc(Cl)cc2)c1. The van der Waals surface area contributed by atoms with E-state index in [2.05, 4.69) is 6.07 Å². The summed E-state index contributed by atoms with van der Waals surface area (Å²) in [5.41, 5.74) is 2.76. The molecule has 82 valence electrons. The van der Waals surface area contributed by atoms with Gasteiger partial charge in [-0.05, 0) is 35.4 Å². The van der Waals surface area contributed by atoms with Crippen LogP contribution in [0.3, 0.4) is 0 Å². The molecule has 0 N–H and O–H groups in total. The zero-order valence-corrected chi connectivity index (χ0v) is 9.85. The van der Waals surface area contributed by atoms with Crippen LogP contribution < -0.4 is 0 Å². The van der Waals surface area contributed by atoms with E-state index < -0.39 is 0 Å². The Morgan fingerprint density at radius 1 is 0.941 bits per heavy atom. The molecule has 17 heavy (non-hydrogen) atoms. The van der Waals surface area contributed by atoms with E-state index in [1.165, 1.54) is 0 Å². The average molecular weight is 240 g/mol. The number of hydrogen-bond acceptors (Lipinski definition) is 1. The molecule has 2 aromatic carbocycles. The van der Waals surface area contributed by atoms with E-state index in [-0.39, 0.29) is 0 Å². The molecule has 2 aromatic rings. The van der Waals surface area contributed by atoms with E-state index in [1.54, 1.807) is 6.07 Å². The molecule has 0 aliphatic rings. The van der Waals surface area contributed by atoms with E-state index in [0.717, 1.165) is 16.1 Å². The fourth-order valence-electron chi connectivity index (χ4n) is 1.48. The molecule has 0 atom stereocenters. The predicted molar refractivity (Wildman–Crippen MR) is 71.5 cm³/mol. The summed E-state index contributed by atoms with van der Waals surface area (Å²) in [6, 6.07) is 17.2. The molecule has 0 aliphatic heterocycles. The standard InChI is InChI=1S/C15H10ClN/c16-15-8-6-12(7-9-15)4-5-13-2-1-3-14(10-13)11-17/h1-10H/b5-4-. The fraction of sp³-hybridized carbons (Fsp3) is 0. The Bertz CT molecular complexity index is 577. The Balaban J connectivity index is 2.20. The van der Waals surface area contributed by atoms with Crippen molar-refractivity contribution in [2.75, 3.05) is 0 Å². The average Bonchev–Trinajstić information content (AvgIpc) is 2.38. The second-order valence-corrected chi connectivity index (χ2v) is 4.06. The van der Waals surface area contributed by atoms with Gasteiger partial charge in [0.2, 0.25) is 0 Å². The molecule has 0 fully saturated rings. The van der Waals surface area contributed by atoms with Gasteiger partial charge in [-0.2, -0.15) is 5.26 Å². The van der Waals surface area contributed by atoms with Crippen LogP contribution in [0.25, 0.3) is 12.2 Å². The van der Waals surface area contributed by atoms with Crippen LogP contribution in [0.4, 0.5) is 0 Å². The van der Waals surface area contributed by atoms with Crippen LogP contribution in [0, 0.1) is 11.3 Å². The van der Waals surface area contributed by atoms with E-state index in [9.17, 15) is 0 Å². The Kier molecular flexibility index (Phi) is 3.59. The molecule has 0 saturated carbocycles. The van der Waals surface area contributed by atoms with Crippen LogP contribution in [-0.4, -0.2) is 0 Å². The maximum Gasteiger partial charge on any atom is 0.0991 e. The first-order chi connectivity index (χ1) is 8.28. The minimum absolute atomic E-state index is 0.670. The second kappa shape index (κ2) is 5.34. The Morgan fingerprint density at radius 3 is 2.35 bits per heavy atom. The maximum atomic E-state index is 8.79. The molecule has 0 radical (unpaired) electrons. The van der Waals surface area contributed by atoms with E-state index in [0.29, 0.717) is 5.56 Å². The first kappa shape index (κ1) is 11.4. The molecule has 2 heteroatoms. The summed E-state index contributed by atoms with van der Waals surface area (Å²) in [7, 11) is 0. The van der Waals surface area contributed by atoms with Crippen molar-refractivity contribution in [3.63, 3.8) is 0 Å². The molecule has 2 rings (SSSR count). The molecule has 0 aromatic heterocycles. The van der Waals surface area contributed by atoms with Crippen molar-refractivity contribution in [3.05, 3.63) is 70.2 Å². The largest absolute Gasteiger partial charge is 0.192 e. The van der Waals surface area contributed by atoms with Gasteiger partial charge in [-0.15, -0.1) is 0 Å². The van der Waals surface area contributed by atoms with Crippen LogP contribution in [0.1, 0.15) is 16.7 Å². The van der Waals surface area contributed by atoms with Crippen LogP contribution >= 0.6 is 11.6 Å².